The highest BCUT2D eigenvalue weighted by atomic mass is 15.1. The van der Waals surface area contributed by atoms with Gasteiger partial charge in [0.05, 0.1) is 22.1 Å². The predicted octanol–water partition coefficient (Wildman–Crippen LogP) is 20.9. The molecule has 378 valence electrons. The molecule has 1 heterocycles. The van der Waals surface area contributed by atoms with E-state index in [9.17, 15) is 0 Å². The Hall–Kier alpha value is -10.5. The van der Waals surface area contributed by atoms with Crippen molar-refractivity contribution in [2.45, 2.75) is 5.41 Å². The Morgan fingerprint density at radius 3 is 1.26 bits per heavy atom. The van der Waals surface area contributed by atoms with E-state index in [1.54, 1.807) is 0 Å². The lowest BCUT2D eigenvalue weighted by atomic mass is 9.70. The van der Waals surface area contributed by atoms with Crippen molar-refractivity contribution >= 4 is 38.9 Å². The average molecular weight is 1030 g/mol. The van der Waals surface area contributed by atoms with Gasteiger partial charge in [0.2, 0.25) is 0 Å². The van der Waals surface area contributed by atoms with Gasteiger partial charge in [-0.1, -0.05) is 249 Å². The molecule has 0 bridgehead atoms. The van der Waals surface area contributed by atoms with Gasteiger partial charge in [0, 0.05) is 33.4 Å². The number of aromatic nitrogens is 1. The number of benzene rings is 13. The standard InChI is InChI=1S/C79H52N2/c1-4-20-53(21-5-1)56-40-43-62(44-41-56)80(63-45-46-69-68-29-12-17-33-74(68)79(75(69)52-63)72-31-15-10-27-66(72)67-28-11-16-32-73(67)79)76-34-18-13-26-65(76)58-38-36-57(37-39-58)59-42-47-78-71(51-59)70-30-14-19-35-77(70)81(78)64-49-60(54-22-6-2-7-23-54)48-61(50-64)55-24-8-3-9-25-55/h1-52H. The normalized spacial score (nSPS) is 12.5. The molecule has 2 aliphatic rings. The minimum Gasteiger partial charge on any atom is -0.310 e. The summed E-state index contributed by atoms with van der Waals surface area (Å²) in [5, 5.41) is 2.45. The van der Waals surface area contributed by atoms with Crippen molar-refractivity contribution in [3.63, 3.8) is 0 Å². The van der Waals surface area contributed by atoms with E-state index >= 15 is 0 Å². The number of nitrogens with zero attached hydrogens (tertiary/aromatic N) is 2. The maximum Gasteiger partial charge on any atom is 0.0726 e. The summed E-state index contributed by atoms with van der Waals surface area (Å²) in [6, 6.07) is 117. The summed E-state index contributed by atoms with van der Waals surface area (Å²) in [6.45, 7) is 0. The summed E-state index contributed by atoms with van der Waals surface area (Å²) in [6.07, 6.45) is 0. The highest BCUT2D eigenvalue weighted by molar-refractivity contribution is 6.11. The zero-order valence-corrected chi connectivity index (χ0v) is 44.4. The number of rotatable bonds is 9. The lowest BCUT2D eigenvalue weighted by Gasteiger charge is -2.32. The van der Waals surface area contributed by atoms with Crippen molar-refractivity contribution in [2.24, 2.45) is 0 Å². The largest absolute Gasteiger partial charge is 0.310 e. The van der Waals surface area contributed by atoms with Crippen LogP contribution in [0.1, 0.15) is 22.3 Å². The van der Waals surface area contributed by atoms with Crippen LogP contribution in [-0.2, 0) is 5.41 Å². The molecule has 2 heteroatoms. The first kappa shape index (κ1) is 46.5. The molecule has 1 aromatic heterocycles. The minimum atomic E-state index is -0.468. The fraction of sp³-hybridized carbons (Fsp3) is 0.0127. The summed E-state index contributed by atoms with van der Waals surface area (Å²) < 4.78 is 2.44. The van der Waals surface area contributed by atoms with Gasteiger partial charge in [-0.3, -0.25) is 0 Å². The van der Waals surface area contributed by atoms with Crippen molar-refractivity contribution in [3.8, 4) is 83.6 Å². The second-order valence-electron chi connectivity index (χ2n) is 21.5. The van der Waals surface area contributed by atoms with Crippen LogP contribution in [0, 0.1) is 0 Å². The van der Waals surface area contributed by atoms with Crippen molar-refractivity contribution in [2.75, 3.05) is 4.90 Å². The minimum absolute atomic E-state index is 0.468. The molecule has 81 heavy (non-hydrogen) atoms. The first-order valence-electron chi connectivity index (χ1n) is 28.1. The van der Waals surface area contributed by atoms with Crippen molar-refractivity contribution in [3.05, 3.63) is 338 Å². The molecule has 0 N–H and O–H groups in total. The number of hydrogen-bond acceptors (Lipinski definition) is 1. The Kier molecular flexibility index (Phi) is 10.8. The van der Waals surface area contributed by atoms with Crippen molar-refractivity contribution < 1.29 is 0 Å². The number of para-hydroxylation sites is 2. The molecule has 0 aliphatic heterocycles. The molecule has 0 amide bonds. The molecular weight excluding hydrogens is 977 g/mol. The molecule has 1 spiro atoms. The van der Waals surface area contributed by atoms with E-state index in [0.29, 0.717) is 0 Å². The molecule has 0 fully saturated rings. The molecule has 2 nitrogen and oxygen atoms in total. The molecule has 0 saturated heterocycles. The Labute approximate surface area is 472 Å². The van der Waals surface area contributed by atoms with Gasteiger partial charge in [-0.05, 0) is 161 Å². The van der Waals surface area contributed by atoms with E-state index in [4.69, 9.17) is 0 Å². The zero-order valence-electron chi connectivity index (χ0n) is 44.4. The van der Waals surface area contributed by atoms with Crippen LogP contribution in [0.25, 0.3) is 105 Å². The Bertz CT molecular complexity index is 4600. The highest BCUT2D eigenvalue weighted by Gasteiger charge is 2.51. The van der Waals surface area contributed by atoms with E-state index in [-0.39, 0.29) is 0 Å². The SMILES string of the molecule is c1ccc(-c2ccc(N(c3ccc4c(c3)C3(c5ccccc5-c5ccccc53)c3ccccc3-4)c3ccccc3-c3ccc(-c4ccc5c(c4)c4ccccc4n5-c4cc(-c5ccccc5)cc(-c5ccccc5)c4)cc3)cc2)cc1. The smallest absolute Gasteiger partial charge is 0.0726 e. The third kappa shape index (κ3) is 7.42. The first-order chi connectivity index (χ1) is 40.2. The van der Waals surface area contributed by atoms with E-state index in [2.05, 4.69) is 325 Å². The van der Waals surface area contributed by atoms with E-state index in [1.807, 2.05) is 0 Å². The van der Waals surface area contributed by atoms with E-state index < -0.39 is 5.41 Å². The van der Waals surface area contributed by atoms with Crippen LogP contribution in [0.3, 0.4) is 0 Å². The molecule has 14 aromatic rings. The molecule has 13 aromatic carbocycles. The summed E-state index contributed by atoms with van der Waals surface area (Å²) in [7, 11) is 0. The van der Waals surface area contributed by atoms with Crippen LogP contribution in [-0.4, -0.2) is 4.57 Å². The summed E-state index contributed by atoms with van der Waals surface area (Å²) in [4.78, 5) is 2.48. The Morgan fingerprint density at radius 1 is 0.235 bits per heavy atom. The third-order valence-electron chi connectivity index (χ3n) is 17.2. The van der Waals surface area contributed by atoms with Crippen molar-refractivity contribution in [1.82, 2.24) is 4.57 Å². The summed E-state index contributed by atoms with van der Waals surface area (Å²) in [5.41, 5.74) is 28.6. The Morgan fingerprint density at radius 2 is 0.654 bits per heavy atom. The monoisotopic (exact) mass is 1030 g/mol. The van der Waals surface area contributed by atoms with Gasteiger partial charge < -0.3 is 9.47 Å². The number of fused-ring (bicyclic) bond motifs is 13. The zero-order chi connectivity index (χ0) is 53.4. The number of anilines is 3. The van der Waals surface area contributed by atoms with Gasteiger partial charge in [0.25, 0.3) is 0 Å². The highest BCUT2D eigenvalue weighted by Crippen LogP contribution is 2.63. The summed E-state index contributed by atoms with van der Waals surface area (Å²) in [5.74, 6) is 0. The molecule has 0 saturated carbocycles. The van der Waals surface area contributed by atoms with Crippen LogP contribution in [0.4, 0.5) is 17.1 Å². The summed E-state index contributed by atoms with van der Waals surface area (Å²) >= 11 is 0. The fourth-order valence-electron chi connectivity index (χ4n) is 13.6. The molecule has 0 unspecified atom stereocenters. The molecule has 0 radical (unpaired) electrons. The van der Waals surface area contributed by atoms with Gasteiger partial charge in [-0.15, -0.1) is 0 Å². The topological polar surface area (TPSA) is 8.17 Å². The molecule has 0 atom stereocenters. The second-order valence-corrected chi connectivity index (χ2v) is 21.5. The Balaban J connectivity index is 0.817. The predicted molar refractivity (Wildman–Crippen MR) is 339 cm³/mol. The van der Waals surface area contributed by atoms with Crippen LogP contribution in [0.15, 0.2) is 315 Å². The van der Waals surface area contributed by atoms with Crippen LogP contribution >= 0.6 is 0 Å². The van der Waals surface area contributed by atoms with Gasteiger partial charge in [0.15, 0.2) is 0 Å². The van der Waals surface area contributed by atoms with Crippen LogP contribution in [0.5, 0.6) is 0 Å². The molecule has 16 rings (SSSR count). The van der Waals surface area contributed by atoms with E-state index in [1.165, 1.54) is 111 Å². The lowest BCUT2D eigenvalue weighted by molar-refractivity contribution is 0.793. The van der Waals surface area contributed by atoms with Crippen molar-refractivity contribution in [1.29, 1.82) is 0 Å². The maximum atomic E-state index is 2.49. The van der Waals surface area contributed by atoms with Gasteiger partial charge in [-0.25, -0.2) is 0 Å². The van der Waals surface area contributed by atoms with Crippen LogP contribution in [0.2, 0.25) is 0 Å². The van der Waals surface area contributed by atoms with Gasteiger partial charge >= 0.3 is 0 Å². The average Bonchev–Trinajstić information content (AvgIpc) is 2.54. The third-order valence-corrected chi connectivity index (χ3v) is 17.2. The lowest BCUT2D eigenvalue weighted by Crippen LogP contribution is -2.26. The van der Waals surface area contributed by atoms with Gasteiger partial charge in [-0.2, -0.15) is 0 Å². The maximum absolute atomic E-state index is 2.49. The van der Waals surface area contributed by atoms with E-state index in [0.717, 1.165) is 33.9 Å². The first-order valence-corrected chi connectivity index (χ1v) is 28.1. The number of hydrogen-bond donors (Lipinski definition) is 0. The quantitative estimate of drug-likeness (QED) is 0.140. The molecule has 2 aliphatic carbocycles. The fourth-order valence-corrected chi connectivity index (χ4v) is 13.6. The second kappa shape index (κ2) is 18.8. The van der Waals surface area contributed by atoms with Crippen LogP contribution < -0.4 is 4.90 Å². The van der Waals surface area contributed by atoms with Gasteiger partial charge in [0.1, 0.15) is 0 Å². The molecular formula is C79H52N2.